The largest absolute Gasteiger partial charge is 0.0851 e. The molecule has 0 unspecified atom stereocenters. The lowest BCUT2D eigenvalue weighted by Crippen LogP contribution is -2.05. The van der Waals surface area contributed by atoms with E-state index in [1.54, 1.807) is 5.57 Å². The van der Waals surface area contributed by atoms with Crippen molar-refractivity contribution in [2.45, 2.75) is 67.7 Å². The highest BCUT2D eigenvalue weighted by atomic mass is 14.2. The van der Waals surface area contributed by atoms with Gasteiger partial charge in [0.05, 0.1) is 0 Å². The first-order chi connectivity index (χ1) is 6.10. The maximum atomic E-state index is 2.41. The molecule has 0 aromatic rings. The highest BCUT2D eigenvalue weighted by molar-refractivity contribution is 5.00. The molecule has 0 heteroatoms. The van der Waals surface area contributed by atoms with E-state index < -0.39 is 0 Å². The Hall–Kier alpha value is -0.260. The molecule has 0 nitrogen and oxygen atoms in total. The van der Waals surface area contributed by atoms with Crippen molar-refractivity contribution in [3.05, 3.63) is 11.6 Å². The molecule has 0 fully saturated rings. The average molecular weight is 196 g/mol. The van der Waals surface area contributed by atoms with Crippen LogP contribution in [-0.2, 0) is 0 Å². The standard InChI is InChI=1S/C14H28/c1-12(8-10-13(2,3)4)9-11-14(5,6)7/h8H,9-11H2,1-7H3. The van der Waals surface area contributed by atoms with Gasteiger partial charge in [-0.15, -0.1) is 0 Å². The van der Waals surface area contributed by atoms with E-state index in [0.29, 0.717) is 10.8 Å². The van der Waals surface area contributed by atoms with Crippen LogP contribution in [0.3, 0.4) is 0 Å². The molecule has 0 N–H and O–H groups in total. The molecule has 0 aromatic carbocycles. The molecule has 0 amide bonds. The van der Waals surface area contributed by atoms with Gasteiger partial charge in [-0.05, 0) is 37.0 Å². The Bertz CT molecular complexity index is 183. The molecule has 0 aromatic heterocycles. The normalized spacial score (nSPS) is 14.6. The summed E-state index contributed by atoms with van der Waals surface area (Å²) in [6.45, 7) is 16.1. The van der Waals surface area contributed by atoms with E-state index in [9.17, 15) is 0 Å². The second-order valence-corrected chi connectivity index (χ2v) is 6.88. The van der Waals surface area contributed by atoms with Gasteiger partial charge in [-0.2, -0.15) is 0 Å². The Morgan fingerprint density at radius 3 is 1.79 bits per heavy atom. The molecule has 0 bridgehead atoms. The van der Waals surface area contributed by atoms with Gasteiger partial charge in [-0.25, -0.2) is 0 Å². The van der Waals surface area contributed by atoms with E-state index in [2.05, 4.69) is 54.5 Å². The summed E-state index contributed by atoms with van der Waals surface area (Å²) in [5.41, 5.74) is 2.45. The summed E-state index contributed by atoms with van der Waals surface area (Å²) in [6.07, 6.45) is 6.15. The number of allylic oxidation sites excluding steroid dienone is 2. The summed E-state index contributed by atoms with van der Waals surface area (Å²) in [7, 11) is 0. The van der Waals surface area contributed by atoms with Crippen molar-refractivity contribution in [3.8, 4) is 0 Å². The van der Waals surface area contributed by atoms with Crippen molar-refractivity contribution in [2.75, 3.05) is 0 Å². The van der Waals surface area contributed by atoms with Crippen LogP contribution in [-0.4, -0.2) is 0 Å². The third-order valence-electron chi connectivity index (χ3n) is 2.33. The molecular formula is C14H28. The molecule has 0 rings (SSSR count). The lowest BCUT2D eigenvalue weighted by Gasteiger charge is -2.19. The monoisotopic (exact) mass is 196 g/mol. The van der Waals surface area contributed by atoms with Crippen LogP contribution in [0.4, 0.5) is 0 Å². The Kier molecular flexibility index (Phi) is 4.91. The van der Waals surface area contributed by atoms with Gasteiger partial charge in [-0.1, -0.05) is 53.2 Å². The summed E-state index contributed by atoms with van der Waals surface area (Å²) >= 11 is 0. The van der Waals surface area contributed by atoms with Crippen molar-refractivity contribution in [2.24, 2.45) is 10.8 Å². The van der Waals surface area contributed by atoms with Gasteiger partial charge in [0, 0.05) is 0 Å². The van der Waals surface area contributed by atoms with E-state index in [0.717, 1.165) is 0 Å². The SMILES string of the molecule is CC(=CCC(C)(C)C)CCC(C)(C)C. The summed E-state index contributed by atoms with van der Waals surface area (Å²) in [6, 6.07) is 0. The fraction of sp³-hybridized carbons (Fsp3) is 0.857. The maximum Gasteiger partial charge on any atom is -0.0299 e. The minimum absolute atomic E-state index is 0.434. The molecule has 0 atom stereocenters. The van der Waals surface area contributed by atoms with Gasteiger partial charge in [-0.3, -0.25) is 0 Å². The third kappa shape index (κ3) is 9.83. The highest BCUT2D eigenvalue weighted by Crippen LogP contribution is 2.25. The summed E-state index contributed by atoms with van der Waals surface area (Å²) in [5.74, 6) is 0. The summed E-state index contributed by atoms with van der Waals surface area (Å²) in [4.78, 5) is 0. The molecule has 0 aliphatic carbocycles. The molecule has 0 saturated carbocycles. The van der Waals surface area contributed by atoms with Gasteiger partial charge in [0.25, 0.3) is 0 Å². The van der Waals surface area contributed by atoms with E-state index in [-0.39, 0.29) is 0 Å². The molecule has 0 aliphatic heterocycles. The zero-order chi connectivity index (χ0) is 11.4. The quantitative estimate of drug-likeness (QED) is 0.545. The van der Waals surface area contributed by atoms with Gasteiger partial charge in [0.15, 0.2) is 0 Å². The fourth-order valence-electron chi connectivity index (χ4n) is 1.15. The first kappa shape index (κ1) is 13.7. The van der Waals surface area contributed by atoms with Gasteiger partial charge in [0.2, 0.25) is 0 Å². The first-order valence-electron chi connectivity index (χ1n) is 5.76. The fourth-order valence-corrected chi connectivity index (χ4v) is 1.15. The van der Waals surface area contributed by atoms with Crippen LogP contribution in [0.2, 0.25) is 0 Å². The Morgan fingerprint density at radius 2 is 1.43 bits per heavy atom. The molecule has 14 heavy (non-hydrogen) atoms. The van der Waals surface area contributed by atoms with Crippen LogP contribution in [0, 0.1) is 10.8 Å². The molecule has 0 aliphatic rings. The summed E-state index contributed by atoms with van der Waals surface area (Å²) < 4.78 is 0. The van der Waals surface area contributed by atoms with Crippen LogP contribution in [0.25, 0.3) is 0 Å². The number of rotatable bonds is 3. The molecule has 0 radical (unpaired) electrons. The van der Waals surface area contributed by atoms with Crippen molar-refractivity contribution >= 4 is 0 Å². The second kappa shape index (κ2) is 5.00. The predicted molar refractivity (Wildman–Crippen MR) is 66.5 cm³/mol. The van der Waals surface area contributed by atoms with Gasteiger partial charge >= 0.3 is 0 Å². The molecule has 0 spiro atoms. The molecule has 0 saturated heterocycles. The average Bonchev–Trinajstić information content (AvgIpc) is 1.94. The lowest BCUT2D eigenvalue weighted by atomic mass is 9.87. The van der Waals surface area contributed by atoms with Crippen LogP contribution < -0.4 is 0 Å². The van der Waals surface area contributed by atoms with Gasteiger partial charge < -0.3 is 0 Å². The van der Waals surface area contributed by atoms with E-state index in [1.165, 1.54) is 19.3 Å². The number of hydrogen-bond donors (Lipinski definition) is 0. The predicted octanol–water partition coefficient (Wildman–Crippen LogP) is 5.20. The minimum atomic E-state index is 0.434. The van der Waals surface area contributed by atoms with Crippen molar-refractivity contribution in [3.63, 3.8) is 0 Å². The van der Waals surface area contributed by atoms with Crippen LogP contribution >= 0.6 is 0 Å². The maximum absolute atomic E-state index is 2.41. The molecule has 0 heterocycles. The van der Waals surface area contributed by atoms with E-state index in [1.807, 2.05) is 0 Å². The second-order valence-electron chi connectivity index (χ2n) is 6.88. The zero-order valence-electron chi connectivity index (χ0n) is 11.2. The zero-order valence-corrected chi connectivity index (χ0v) is 11.2. The van der Waals surface area contributed by atoms with E-state index in [4.69, 9.17) is 0 Å². The molecule has 84 valence electrons. The first-order valence-corrected chi connectivity index (χ1v) is 5.76. The van der Waals surface area contributed by atoms with E-state index >= 15 is 0 Å². The topological polar surface area (TPSA) is 0 Å². The van der Waals surface area contributed by atoms with Gasteiger partial charge in [0.1, 0.15) is 0 Å². The Labute approximate surface area is 90.8 Å². The third-order valence-corrected chi connectivity index (χ3v) is 2.33. The highest BCUT2D eigenvalue weighted by Gasteiger charge is 2.11. The van der Waals surface area contributed by atoms with Crippen LogP contribution in [0.15, 0.2) is 11.6 Å². The lowest BCUT2D eigenvalue weighted by molar-refractivity contribution is 0.376. The Balaban J connectivity index is 3.91. The summed E-state index contributed by atoms with van der Waals surface area (Å²) in [5, 5.41) is 0. The number of hydrogen-bond acceptors (Lipinski definition) is 0. The smallest absolute Gasteiger partial charge is 0.0299 e. The van der Waals surface area contributed by atoms with Crippen LogP contribution in [0.5, 0.6) is 0 Å². The van der Waals surface area contributed by atoms with Crippen LogP contribution in [0.1, 0.15) is 67.7 Å². The van der Waals surface area contributed by atoms with Crippen molar-refractivity contribution < 1.29 is 0 Å². The van der Waals surface area contributed by atoms with Crippen molar-refractivity contribution in [1.29, 1.82) is 0 Å². The van der Waals surface area contributed by atoms with Crippen molar-refractivity contribution in [1.82, 2.24) is 0 Å². The minimum Gasteiger partial charge on any atom is -0.0851 e. The Morgan fingerprint density at radius 1 is 0.929 bits per heavy atom. The molecular weight excluding hydrogens is 168 g/mol.